The van der Waals surface area contributed by atoms with Crippen molar-refractivity contribution in [3.05, 3.63) is 35.4 Å². The van der Waals surface area contributed by atoms with E-state index < -0.39 is 0 Å². The van der Waals surface area contributed by atoms with Crippen LogP contribution >= 0.6 is 15.9 Å². The molecule has 2 heteroatoms. The number of hydrogen-bond acceptors (Lipinski definition) is 1. The van der Waals surface area contributed by atoms with Gasteiger partial charge in [0.2, 0.25) is 0 Å². The third kappa shape index (κ3) is 2.37. The van der Waals surface area contributed by atoms with E-state index in [1.54, 1.807) is 0 Å². The summed E-state index contributed by atoms with van der Waals surface area (Å²) in [6, 6.07) is 8.82. The highest BCUT2D eigenvalue weighted by atomic mass is 79.9. The summed E-state index contributed by atoms with van der Waals surface area (Å²) in [7, 11) is 0. The summed E-state index contributed by atoms with van der Waals surface area (Å²) >= 11 is 3.88. The molecule has 3 rings (SSSR count). The first-order valence-electron chi connectivity index (χ1n) is 6.95. The van der Waals surface area contributed by atoms with Gasteiger partial charge in [-0.3, -0.25) is 0 Å². The van der Waals surface area contributed by atoms with E-state index in [0.29, 0.717) is 16.8 Å². The van der Waals surface area contributed by atoms with Crippen LogP contribution in [-0.4, -0.2) is 11.7 Å². The van der Waals surface area contributed by atoms with Crippen molar-refractivity contribution in [1.29, 1.82) is 0 Å². The fourth-order valence-electron chi connectivity index (χ4n) is 3.41. The Bertz CT molecular complexity index is 440. The van der Waals surface area contributed by atoms with Gasteiger partial charge >= 0.3 is 0 Å². The van der Waals surface area contributed by atoms with E-state index in [0.717, 1.165) is 0 Å². The van der Waals surface area contributed by atoms with E-state index in [1.165, 1.54) is 36.8 Å². The van der Waals surface area contributed by atoms with Gasteiger partial charge in [-0.25, -0.2) is 0 Å². The minimum atomic E-state index is 0.0952. The molecule has 0 N–H and O–H groups in total. The molecule has 3 unspecified atom stereocenters. The molecule has 0 radical (unpaired) electrons. The molecule has 1 nitrogen and oxygen atoms in total. The van der Waals surface area contributed by atoms with Crippen LogP contribution in [0.5, 0.6) is 0 Å². The Labute approximate surface area is 118 Å². The quantitative estimate of drug-likeness (QED) is 0.723. The minimum Gasteiger partial charge on any atom is -0.372 e. The molecule has 0 spiro atoms. The van der Waals surface area contributed by atoms with Crippen molar-refractivity contribution in [3.8, 4) is 0 Å². The topological polar surface area (TPSA) is 9.23 Å². The standard InChI is InChI=1S/C16H21BrO/c1-16(2)8-7-13(18-16)10-12-9-11-5-3-4-6-14(11)15(12)17/h3-6,12-13,15H,7-10H2,1-2H3. The number of halogens is 1. The summed E-state index contributed by atoms with van der Waals surface area (Å²) in [5, 5.41) is 0. The Morgan fingerprint density at radius 2 is 2.11 bits per heavy atom. The van der Waals surface area contributed by atoms with Gasteiger partial charge in [0.05, 0.1) is 11.7 Å². The van der Waals surface area contributed by atoms with E-state index in [2.05, 4.69) is 54.0 Å². The lowest BCUT2D eigenvalue weighted by Crippen LogP contribution is -2.22. The summed E-state index contributed by atoms with van der Waals surface area (Å²) in [5.74, 6) is 0.696. The van der Waals surface area contributed by atoms with Gasteiger partial charge in [0.1, 0.15) is 0 Å². The Morgan fingerprint density at radius 3 is 2.78 bits per heavy atom. The van der Waals surface area contributed by atoms with E-state index >= 15 is 0 Å². The van der Waals surface area contributed by atoms with Crippen molar-refractivity contribution in [1.82, 2.24) is 0 Å². The van der Waals surface area contributed by atoms with Gasteiger partial charge in [-0.1, -0.05) is 40.2 Å². The third-order valence-corrected chi connectivity index (χ3v) is 5.61. The predicted molar refractivity (Wildman–Crippen MR) is 78.1 cm³/mol. The zero-order chi connectivity index (χ0) is 12.8. The molecule has 1 aliphatic heterocycles. The molecule has 1 aromatic carbocycles. The zero-order valence-electron chi connectivity index (χ0n) is 11.2. The number of ether oxygens (including phenoxy) is 1. The molecule has 1 saturated heterocycles. The Morgan fingerprint density at radius 1 is 1.33 bits per heavy atom. The zero-order valence-corrected chi connectivity index (χ0v) is 12.7. The fourth-order valence-corrected chi connectivity index (χ4v) is 4.26. The molecule has 2 aliphatic rings. The van der Waals surface area contributed by atoms with Crippen LogP contribution < -0.4 is 0 Å². The lowest BCUT2D eigenvalue weighted by atomic mass is 9.96. The first-order chi connectivity index (χ1) is 8.55. The molecular weight excluding hydrogens is 288 g/mol. The lowest BCUT2D eigenvalue weighted by Gasteiger charge is -2.22. The maximum absolute atomic E-state index is 6.14. The van der Waals surface area contributed by atoms with E-state index in [-0.39, 0.29) is 5.60 Å². The van der Waals surface area contributed by atoms with Gasteiger partial charge in [-0.05, 0) is 56.6 Å². The Balaban J connectivity index is 1.67. The van der Waals surface area contributed by atoms with Crippen LogP contribution in [-0.2, 0) is 11.2 Å². The second-order valence-corrected chi connectivity index (χ2v) is 7.33. The van der Waals surface area contributed by atoms with Gasteiger partial charge in [0.25, 0.3) is 0 Å². The highest BCUT2D eigenvalue weighted by Gasteiger charge is 2.37. The molecule has 1 aliphatic carbocycles. The van der Waals surface area contributed by atoms with Crippen molar-refractivity contribution >= 4 is 15.9 Å². The number of alkyl halides is 1. The van der Waals surface area contributed by atoms with Crippen molar-refractivity contribution < 1.29 is 4.74 Å². The van der Waals surface area contributed by atoms with Crippen LogP contribution in [0.15, 0.2) is 24.3 Å². The van der Waals surface area contributed by atoms with Gasteiger partial charge in [-0.2, -0.15) is 0 Å². The average molecular weight is 309 g/mol. The molecule has 1 heterocycles. The van der Waals surface area contributed by atoms with Crippen LogP contribution in [0.25, 0.3) is 0 Å². The van der Waals surface area contributed by atoms with Crippen LogP contribution in [0, 0.1) is 5.92 Å². The largest absolute Gasteiger partial charge is 0.372 e. The maximum Gasteiger partial charge on any atom is 0.0631 e. The van der Waals surface area contributed by atoms with Crippen molar-refractivity contribution in [2.45, 2.75) is 56.1 Å². The number of fused-ring (bicyclic) bond motifs is 1. The number of hydrogen-bond donors (Lipinski definition) is 0. The molecule has 0 amide bonds. The summed E-state index contributed by atoms with van der Waals surface area (Å²) in [5.41, 5.74) is 3.10. The van der Waals surface area contributed by atoms with Gasteiger partial charge in [0, 0.05) is 4.83 Å². The lowest BCUT2D eigenvalue weighted by molar-refractivity contribution is -0.0240. The maximum atomic E-state index is 6.14. The second kappa shape index (κ2) is 4.64. The summed E-state index contributed by atoms with van der Waals surface area (Å²) < 4.78 is 6.14. The number of rotatable bonds is 2. The molecule has 0 saturated carbocycles. The smallest absolute Gasteiger partial charge is 0.0631 e. The monoisotopic (exact) mass is 308 g/mol. The summed E-state index contributed by atoms with van der Waals surface area (Å²) in [6.45, 7) is 4.42. The van der Waals surface area contributed by atoms with E-state index in [9.17, 15) is 0 Å². The molecule has 18 heavy (non-hydrogen) atoms. The predicted octanol–water partition coefficient (Wildman–Crippen LogP) is 4.64. The summed E-state index contributed by atoms with van der Waals surface area (Å²) in [4.78, 5) is 0.515. The normalized spacial score (nSPS) is 33.6. The molecule has 1 fully saturated rings. The van der Waals surface area contributed by atoms with E-state index in [1.807, 2.05) is 0 Å². The van der Waals surface area contributed by atoms with Crippen molar-refractivity contribution in [3.63, 3.8) is 0 Å². The SMILES string of the molecule is CC1(C)CCC(CC2Cc3ccccc3C2Br)O1. The Hall–Kier alpha value is -0.340. The van der Waals surface area contributed by atoms with Gasteiger partial charge in [0.15, 0.2) is 0 Å². The summed E-state index contributed by atoms with van der Waals surface area (Å²) in [6.07, 6.45) is 5.27. The molecular formula is C16H21BrO. The van der Waals surface area contributed by atoms with E-state index in [4.69, 9.17) is 4.74 Å². The molecule has 98 valence electrons. The van der Waals surface area contributed by atoms with Crippen LogP contribution in [0.3, 0.4) is 0 Å². The first kappa shape index (κ1) is 12.7. The van der Waals surface area contributed by atoms with Crippen molar-refractivity contribution in [2.24, 2.45) is 5.92 Å². The first-order valence-corrected chi connectivity index (χ1v) is 7.86. The molecule has 3 atom stereocenters. The van der Waals surface area contributed by atoms with Crippen molar-refractivity contribution in [2.75, 3.05) is 0 Å². The molecule has 0 aromatic heterocycles. The van der Waals surface area contributed by atoms with Crippen LogP contribution in [0.2, 0.25) is 0 Å². The van der Waals surface area contributed by atoms with Crippen LogP contribution in [0.1, 0.15) is 49.1 Å². The third-order valence-electron chi connectivity index (χ3n) is 4.37. The fraction of sp³-hybridized carbons (Fsp3) is 0.625. The second-order valence-electron chi connectivity index (χ2n) is 6.34. The highest BCUT2D eigenvalue weighted by molar-refractivity contribution is 9.09. The molecule has 0 bridgehead atoms. The molecule has 1 aromatic rings. The minimum absolute atomic E-state index is 0.0952. The highest BCUT2D eigenvalue weighted by Crippen LogP contribution is 2.46. The Kier molecular flexibility index (Phi) is 3.27. The van der Waals surface area contributed by atoms with Crippen LogP contribution in [0.4, 0.5) is 0 Å². The van der Waals surface area contributed by atoms with Gasteiger partial charge < -0.3 is 4.74 Å². The number of benzene rings is 1. The van der Waals surface area contributed by atoms with Gasteiger partial charge in [-0.15, -0.1) is 0 Å². The average Bonchev–Trinajstić information content (AvgIpc) is 2.82.